The number of hydrogen-bond donors (Lipinski definition) is 2. The van der Waals surface area contributed by atoms with Gasteiger partial charge < -0.3 is 29.7 Å². The number of nitrogens with one attached hydrogen (secondary N) is 1. The van der Waals surface area contributed by atoms with Crippen LogP contribution in [0.15, 0.2) is 55.5 Å². The summed E-state index contributed by atoms with van der Waals surface area (Å²) in [6, 6.07) is 9.41. The van der Waals surface area contributed by atoms with E-state index in [9.17, 15) is 18.0 Å². The maximum Gasteiger partial charge on any atom is 0.490 e. The molecule has 0 spiro atoms. The van der Waals surface area contributed by atoms with Crippen LogP contribution in [0.25, 0.3) is 22.1 Å². The molecule has 1 aliphatic heterocycles. The average Bonchev–Trinajstić information content (AvgIpc) is 3.44. The molecule has 0 atom stereocenters. The van der Waals surface area contributed by atoms with Gasteiger partial charge in [0.1, 0.15) is 40.1 Å². The monoisotopic (exact) mass is 666 g/mol. The Labute approximate surface area is 270 Å². The molecule has 2 aromatic carbocycles. The van der Waals surface area contributed by atoms with E-state index >= 15 is 0 Å². The minimum Gasteiger partial charge on any atom is -0.494 e. The second kappa shape index (κ2) is 13.7. The highest BCUT2D eigenvalue weighted by atomic mass is 19.4. The van der Waals surface area contributed by atoms with Gasteiger partial charge in [0, 0.05) is 45.4 Å². The predicted octanol–water partition coefficient (Wildman–Crippen LogP) is 4.02. The van der Waals surface area contributed by atoms with Gasteiger partial charge in [-0.25, -0.2) is 29.4 Å². The van der Waals surface area contributed by atoms with Crippen LogP contribution in [0.2, 0.25) is 0 Å². The van der Waals surface area contributed by atoms with Crippen LogP contribution in [0.5, 0.6) is 17.2 Å². The van der Waals surface area contributed by atoms with Gasteiger partial charge in [0.25, 0.3) is 0 Å². The number of rotatable bonds is 7. The topological polar surface area (TPSA) is 174 Å². The Morgan fingerprint density at radius 2 is 1.77 bits per heavy atom. The summed E-state index contributed by atoms with van der Waals surface area (Å²) >= 11 is 0. The molecule has 5 aromatic rings. The number of carboxylic acid groups (broad SMARTS) is 1. The number of fused-ring (bicyclic) bond motifs is 2. The number of nitrogens with zero attached hydrogens (tertiary/aromatic N) is 9. The van der Waals surface area contributed by atoms with Crippen LogP contribution in [0, 0.1) is 6.92 Å². The first-order valence-electron chi connectivity index (χ1n) is 14.2. The Hall–Kier alpha value is -6.07. The number of methoxy groups -OCH3 is 1. The molecule has 3 aromatic heterocycles. The lowest BCUT2D eigenvalue weighted by Gasteiger charge is -2.34. The van der Waals surface area contributed by atoms with E-state index in [4.69, 9.17) is 24.4 Å². The summed E-state index contributed by atoms with van der Waals surface area (Å²) in [5, 5.41) is 18.7. The minimum atomic E-state index is -5.08. The van der Waals surface area contributed by atoms with Crippen molar-refractivity contribution in [3.05, 3.63) is 61.1 Å². The number of ether oxygens (including phenoxy) is 2. The van der Waals surface area contributed by atoms with Gasteiger partial charge in [-0.3, -0.25) is 4.79 Å². The number of aromatic nitrogens is 7. The van der Waals surface area contributed by atoms with E-state index in [1.807, 2.05) is 49.2 Å². The molecule has 4 heterocycles. The van der Waals surface area contributed by atoms with Gasteiger partial charge in [-0.1, -0.05) is 11.8 Å². The highest BCUT2D eigenvalue weighted by Crippen LogP contribution is 2.37. The van der Waals surface area contributed by atoms with E-state index in [2.05, 4.69) is 37.2 Å². The summed E-state index contributed by atoms with van der Waals surface area (Å²) in [5.74, 6) is 0.0806. The van der Waals surface area contributed by atoms with Crippen molar-refractivity contribution in [2.45, 2.75) is 13.1 Å². The fourth-order valence-corrected chi connectivity index (χ4v) is 4.73. The van der Waals surface area contributed by atoms with Crippen molar-refractivity contribution in [3.8, 4) is 17.2 Å². The van der Waals surface area contributed by atoms with E-state index in [0.717, 1.165) is 16.6 Å². The fourth-order valence-electron chi connectivity index (χ4n) is 4.73. The molecule has 0 saturated carbocycles. The number of carbonyl (C=O) groups excluding carboxylic acids is 1. The molecule has 0 aliphatic carbocycles. The van der Waals surface area contributed by atoms with Gasteiger partial charge in [0.2, 0.25) is 11.9 Å². The van der Waals surface area contributed by atoms with Crippen LogP contribution in [0.4, 0.5) is 30.6 Å². The number of benzene rings is 2. The summed E-state index contributed by atoms with van der Waals surface area (Å²) in [4.78, 5) is 42.7. The van der Waals surface area contributed by atoms with Crippen LogP contribution in [-0.4, -0.2) is 96.3 Å². The molecule has 0 unspecified atom stereocenters. The highest BCUT2D eigenvalue weighted by Gasteiger charge is 2.38. The first kappa shape index (κ1) is 33.3. The summed E-state index contributed by atoms with van der Waals surface area (Å²) < 4.78 is 45.3. The Morgan fingerprint density at radius 1 is 1.04 bits per heavy atom. The smallest absolute Gasteiger partial charge is 0.490 e. The van der Waals surface area contributed by atoms with Gasteiger partial charge in [-0.2, -0.15) is 13.2 Å². The number of amides is 1. The highest BCUT2D eigenvalue weighted by molar-refractivity contribution is 5.88. The third-order valence-electron chi connectivity index (χ3n) is 7.22. The van der Waals surface area contributed by atoms with E-state index in [-0.39, 0.29) is 5.91 Å². The van der Waals surface area contributed by atoms with Crippen molar-refractivity contribution in [2.75, 3.05) is 43.5 Å². The third kappa shape index (κ3) is 7.32. The first-order valence-corrected chi connectivity index (χ1v) is 14.2. The van der Waals surface area contributed by atoms with Gasteiger partial charge >= 0.3 is 12.1 Å². The van der Waals surface area contributed by atoms with Crippen molar-refractivity contribution >= 4 is 51.4 Å². The van der Waals surface area contributed by atoms with Gasteiger partial charge in [-0.15, -0.1) is 5.10 Å². The Balaban J connectivity index is 0.000000582. The molecule has 1 saturated heterocycles. The number of aryl methyl sites for hydroxylation is 2. The average molecular weight is 667 g/mol. The quantitative estimate of drug-likeness (QED) is 0.239. The van der Waals surface area contributed by atoms with E-state index in [1.54, 1.807) is 22.9 Å². The van der Waals surface area contributed by atoms with Crippen LogP contribution in [0.1, 0.15) is 5.56 Å². The Morgan fingerprint density at radius 3 is 2.44 bits per heavy atom. The van der Waals surface area contributed by atoms with Crippen molar-refractivity contribution < 1.29 is 37.3 Å². The van der Waals surface area contributed by atoms with Crippen molar-refractivity contribution in [2.24, 2.45) is 7.05 Å². The molecule has 15 nitrogen and oxygen atoms in total. The Bertz CT molecular complexity index is 1990. The summed E-state index contributed by atoms with van der Waals surface area (Å²) in [5.41, 5.74) is 4.41. The van der Waals surface area contributed by atoms with Crippen LogP contribution in [-0.2, 0) is 16.6 Å². The van der Waals surface area contributed by atoms with E-state index in [1.165, 1.54) is 12.4 Å². The predicted molar refractivity (Wildman–Crippen MR) is 167 cm³/mol. The number of aliphatic carboxylic acids is 1. The number of halogens is 3. The second-order valence-corrected chi connectivity index (χ2v) is 10.4. The molecule has 250 valence electrons. The Kier molecular flexibility index (Phi) is 9.53. The van der Waals surface area contributed by atoms with Gasteiger partial charge in [-0.05, 0) is 36.8 Å². The lowest BCUT2D eigenvalue weighted by atomic mass is 10.1. The molecule has 6 rings (SSSR count). The maximum atomic E-state index is 11.9. The molecule has 0 bridgehead atoms. The standard InChI is InChI=1S/C28H28N10O3.C2HF3O2/c1-5-25(39)37-8-10-38(11-9-37)28-29-15-21-26(33-28)27(31-16-30-21)32-20-12-17(2)23(14-24(20)40-4)41-18-6-7-22-19(13-18)34-35-36(22)3;3-2(4,5)1(6)7/h5-7,12-16H,1,8-11H2,2-4H3,(H,30,31,32);(H,6,7). The molecular formula is C30H29F3N10O5. The normalized spacial score (nSPS) is 13.1. The first-order chi connectivity index (χ1) is 22.9. The summed E-state index contributed by atoms with van der Waals surface area (Å²) in [6.07, 6.45) is -0.600. The number of carboxylic acids is 1. The number of alkyl halides is 3. The SMILES string of the molecule is C=CC(=O)N1CCN(c2ncc3ncnc(Nc4cc(C)c(Oc5ccc6c(c5)nnn6C)cc4OC)c3n2)CC1.O=C(O)C(F)(F)F. The van der Waals surface area contributed by atoms with Gasteiger partial charge in [0.15, 0.2) is 5.82 Å². The fraction of sp³-hybridized carbons (Fsp3) is 0.267. The van der Waals surface area contributed by atoms with Crippen LogP contribution < -0.4 is 19.7 Å². The maximum absolute atomic E-state index is 11.9. The van der Waals surface area contributed by atoms with E-state index in [0.29, 0.717) is 71.9 Å². The minimum absolute atomic E-state index is 0.0730. The number of carbonyl (C=O) groups is 2. The second-order valence-electron chi connectivity index (χ2n) is 10.4. The number of piperazine rings is 1. The van der Waals surface area contributed by atoms with Crippen molar-refractivity contribution in [1.82, 2.24) is 39.8 Å². The van der Waals surface area contributed by atoms with Gasteiger partial charge in [0.05, 0.1) is 24.5 Å². The third-order valence-corrected chi connectivity index (χ3v) is 7.22. The molecule has 1 amide bonds. The number of hydrogen-bond acceptors (Lipinski definition) is 12. The molecule has 2 N–H and O–H groups in total. The molecular weight excluding hydrogens is 637 g/mol. The van der Waals surface area contributed by atoms with E-state index < -0.39 is 12.1 Å². The zero-order valence-electron chi connectivity index (χ0n) is 25.9. The van der Waals surface area contributed by atoms with Crippen molar-refractivity contribution in [1.29, 1.82) is 0 Å². The lowest BCUT2D eigenvalue weighted by Crippen LogP contribution is -2.48. The van der Waals surface area contributed by atoms with Crippen LogP contribution >= 0.6 is 0 Å². The molecule has 48 heavy (non-hydrogen) atoms. The molecule has 18 heteroatoms. The van der Waals surface area contributed by atoms with Crippen molar-refractivity contribution in [3.63, 3.8) is 0 Å². The summed E-state index contributed by atoms with van der Waals surface area (Å²) in [6.45, 7) is 7.89. The molecule has 1 aliphatic rings. The largest absolute Gasteiger partial charge is 0.494 e. The number of anilines is 3. The summed E-state index contributed by atoms with van der Waals surface area (Å²) in [7, 11) is 3.44. The van der Waals surface area contributed by atoms with Crippen LogP contribution in [0.3, 0.4) is 0 Å². The zero-order chi connectivity index (χ0) is 34.6. The molecule has 0 radical (unpaired) electrons. The zero-order valence-corrected chi connectivity index (χ0v) is 25.9. The lowest BCUT2D eigenvalue weighted by molar-refractivity contribution is -0.192. The molecule has 1 fully saturated rings.